The fourth-order valence-corrected chi connectivity index (χ4v) is 4.51. The van der Waals surface area contributed by atoms with Crippen LogP contribution >= 0.6 is 0 Å². The van der Waals surface area contributed by atoms with Crippen molar-refractivity contribution in [1.29, 1.82) is 0 Å². The largest absolute Gasteiger partial charge is 0.379 e. The Morgan fingerprint density at radius 3 is 2.52 bits per heavy atom. The van der Waals surface area contributed by atoms with Gasteiger partial charge in [0.2, 0.25) is 10.0 Å². The van der Waals surface area contributed by atoms with Crippen LogP contribution in [0, 0.1) is 11.8 Å². The molecule has 0 aromatic rings. The van der Waals surface area contributed by atoms with E-state index < -0.39 is 10.0 Å². The van der Waals surface area contributed by atoms with E-state index in [4.69, 9.17) is 4.74 Å². The molecule has 2 fully saturated rings. The highest BCUT2D eigenvalue weighted by atomic mass is 32.2. The summed E-state index contributed by atoms with van der Waals surface area (Å²) in [7, 11) is -3.20. The quantitative estimate of drug-likeness (QED) is 0.655. The molecule has 0 N–H and O–H groups in total. The van der Waals surface area contributed by atoms with Crippen molar-refractivity contribution < 1.29 is 17.9 Å². The van der Waals surface area contributed by atoms with E-state index in [2.05, 4.69) is 11.8 Å². The normalized spacial score (nSPS) is 27.4. The van der Waals surface area contributed by atoms with E-state index in [0.29, 0.717) is 19.5 Å². The second-order valence-corrected chi connectivity index (χ2v) is 8.74. The van der Waals surface area contributed by atoms with Crippen LogP contribution in [0.25, 0.3) is 0 Å². The lowest BCUT2D eigenvalue weighted by atomic mass is 9.87. The first kappa shape index (κ1) is 18.8. The van der Waals surface area contributed by atoms with Crippen molar-refractivity contribution in [3.8, 4) is 0 Å². The molecule has 2 heterocycles. The number of ether oxygens (including phenoxy) is 1. The minimum atomic E-state index is -3.20. The van der Waals surface area contributed by atoms with Gasteiger partial charge in [-0.1, -0.05) is 13.3 Å². The molecular weight excluding hydrogens is 316 g/mol. The van der Waals surface area contributed by atoms with Crippen LogP contribution in [0.2, 0.25) is 0 Å². The number of nitrogens with zero attached hydrogens (tertiary/aromatic N) is 2. The molecule has 0 spiro atoms. The van der Waals surface area contributed by atoms with Gasteiger partial charge in [0.25, 0.3) is 0 Å². The number of hydrogen-bond donors (Lipinski definition) is 0. The number of hydrogen-bond acceptors (Lipinski definition) is 5. The predicted octanol–water partition coefficient (Wildman–Crippen LogP) is 0.976. The molecule has 6 nitrogen and oxygen atoms in total. The fraction of sp³-hybridized carbons (Fsp3) is 0.938. The summed E-state index contributed by atoms with van der Waals surface area (Å²) < 4.78 is 30.3. The molecule has 2 atom stereocenters. The van der Waals surface area contributed by atoms with Crippen LogP contribution in [0.4, 0.5) is 0 Å². The van der Waals surface area contributed by atoms with Crippen LogP contribution in [0.5, 0.6) is 0 Å². The van der Waals surface area contributed by atoms with Gasteiger partial charge in [0.15, 0.2) is 0 Å². The van der Waals surface area contributed by atoms with Crippen molar-refractivity contribution in [3.63, 3.8) is 0 Å². The molecule has 2 saturated heterocycles. The van der Waals surface area contributed by atoms with Gasteiger partial charge < -0.3 is 4.74 Å². The van der Waals surface area contributed by atoms with Crippen LogP contribution in [-0.2, 0) is 19.6 Å². The summed E-state index contributed by atoms with van der Waals surface area (Å²) in [4.78, 5) is 14.9. The van der Waals surface area contributed by atoms with Crippen molar-refractivity contribution in [2.45, 2.75) is 32.6 Å². The Kier molecular flexibility index (Phi) is 7.00. The Morgan fingerprint density at radius 1 is 1.22 bits per heavy atom. The van der Waals surface area contributed by atoms with Gasteiger partial charge in [0.05, 0.1) is 19.5 Å². The van der Waals surface area contributed by atoms with E-state index in [-0.39, 0.29) is 17.6 Å². The molecule has 0 aliphatic carbocycles. The molecule has 0 radical (unpaired) electrons. The van der Waals surface area contributed by atoms with Gasteiger partial charge in [-0.25, -0.2) is 12.7 Å². The van der Waals surface area contributed by atoms with Crippen molar-refractivity contribution >= 4 is 15.8 Å². The Hall–Kier alpha value is -0.500. The van der Waals surface area contributed by atoms with Crippen LogP contribution in [0.15, 0.2) is 0 Å². The summed E-state index contributed by atoms with van der Waals surface area (Å²) in [5.41, 5.74) is 0. The summed E-state index contributed by atoms with van der Waals surface area (Å²) in [6.45, 7) is 7.33. The van der Waals surface area contributed by atoms with E-state index in [1.807, 2.05) is 0 Å². The number of carbonyl (C=O) groups excluding carboxylic acids is 1. The third kappa shape index (κ3) is 5.52. The van der Waals surface area contributed by atoms with Gasteiger partial charge >= 0.3 is 0 Å². The molecule has 2 rings (SSSR count). The average Bonchev–Trinajstić information content (AvgIpc) is 2.93. The van der Waals surface area contributed by atoms with Crippen LogP contribution < -0.4 is 0 Å². The predicted molar refractivity (Wildman–Crippen MR) is 89.8 cm³/mol. The zero-order chi connectivity index (χ0) is 16.9. The lowest BCUT2D eigenvalue weighted by Crippen LogP contribution is -2.37. The smallest absolute Gasteiger partial charge is 0.211 e. The third-order valence-electron chi connectivity index (χ3n) is 4.95. The molecule has 0 saturated carbocycles. The first-order valence-electron chi connectivity index (χ1n) is 8.69. The van der Waals surface area contributed by atoms with Gasteiger partial charge in [-0.3, -0.25) is 9.69 Å². The Balaban J connectivity index is 1.83. The molecule has 0 amide bonds. The summed E-state index contributed by atoms with van der Waals surface area (Å²) in [5, 5.41) is 0. The SMILES string of the molecule is CCC[C@H]1CN(S(C)(=O)=O)CC1C(=O)CCCN1CCOCC1. The molecule has 0 aromatic carbocycles. The second-order valence-electron chi connectivity index (χ2n) is 6.76. The average molecular weight is 346 g/mol. The molecule has 23 heavy (non-hydrogen) atoms. The topological polar surface area (TPSA) is 66.9 Å². The monoisotopic (exact) mass is 346 g/mol. The fourth-order valence-electron chi connectivity index (χ4n) is 3.62. The minimum Gasteiger partial charge on any atom is -0.379 e. The third-order valence-corrected chi connectivity index (χ3v) is 6.19. The summed E-state index contributed by atoms with van der Waals surface area (Å²) in [6, 6.07) is 0. The zero-order valence-electron chi connectivity index (χ0n) is 14.4. The van der Waals surface area contributed by atoms with Crippen LogP contribution in [0.3, 0.4) is 0 Å². The van der Waals surface area contributed by atoms with Crippen molar-refractivity contribution in [2.24, 2.45) is 11.8 Å². The molecule has 1 unspecified atom stereocenters. The maximum atomic E-state index is 12.6. The Bertz CT molecular complexity index is 488. The Labute approximate surface area is 140 Å². The van der Waals surface area contributed by atoms with Gasteiger partial charge in [0.1, 0.15) is 5.78 Å². The lowest BCUT2D eigenvalue weighted by molar-refractivity contribution is -0.123. The van der Waals surface area contributed by atoms with E-state index in [9.17, 15) is 13.2 Å². The van der Waals surface area contributed by atoms with Crippen LogP contribution in [-0.4, -0.2) is 75.6 Å². The number of sulfonamides is 1. The van der Waals surface area contributed by atoms with Gasteiger partial charge in [-0.05, 0) is 25.3 Å². The van der Waals surface area contributed by atoms with Crippen molar-refractivity contribution in [1.82, 2.24) is 9.21 Å². The van der Waals surface area contributed by atoms with Crippen molar-refractivity contribution in [2.75, 3.05) is 52.2 Å². The van der Waals surface area contributed by atoms with E-state index in [0.717, 1.165) is 52.1 Å². The molecule has 0 bridgehead atoms. The molecule has 2 aliphatic heterocycles. The number of ketones is 1. The second kappa shape index (κ2) is 8.55. The first-order valence-corrected chi connectivity index (χ1v) is 10.5. The highest BCUT2D eigenvalue weighted by Crippen LogP contribution is 2.30. The van der Waals surface area contributed by atoms with Crippen molar-refractivity contribution in [3.05, 3.63) is 0 Å². The van der Waals surface area contributed by atoms with Crippen LogP contribution in [0.1, 0.15) is 32.6 Å². The molecule has 134 valence electrons. The number of morpholine rings is 1. The highest BCUT2D eigenvalue weighted by molar-refractivity contribution is 7.88. The number of carbonyl (C=O) groups is 1. The number of rotatable bonds is 8. The summed E-state index contributed by atoms with van der Waals surface area (Å²) >= 11 is 0. The maximum Gasteiger partial charge on any atom is 0.211 e. The zero-order valence-corrected chi connectivity index (χ0v) is 15.2. The van der Waals surface area contributed by atoms with Gasteiger partial charge in [-0.15, -0.1) is 0 Å². The van der Waals surface area contributed by atoms with E-state index in [1.54, 1.807) is 0 Å². The maximum absolute atomic E-state index is 12.6. The molecule has 0 aromatic heterocycles. The minimum absolute atomic E-state index is 0.116. The van der Waals surface area contributed by atoms with E-state index in [1.165, 1.54) is 10.6 Å². The lowest BCUT2D eigenvalue weighted by Gasteiger charge is -2.26. The Morgan fingerprint density at radius 2 is 1.91 bits per heavy atom. The number of Topliss-reactive ketones (excluding diaryl/α,β-unsaturated/α-hetero) is 1. The summed E-state index contributed by atoms with van der Waals surface area (Å²) in [5.74, 6) is 0.308. The standard InChI is InChI=1S/C16H30N2O4S/c1-3-5-14-12-18(23(2,20)21)13-15(14)16(19)6-4-7-17-8-10-22-11-9-17/h14-15H,3-13H2,1-2H3/t14-,15?/m0/s1. The molecule has 7 heteroatoms. The van der Waals surface area contributed by atoms with Gasteiger partial charge in [0, 0.05) is 38.5 Å². The molecule has 2 aliphatic rings. The highest BCUT2D eigenvalue weighted by Gasteiger charge is 2.39. The van der Waals surface area contributed by atoms with E-state index >= 15 is 0 Å². The molecular formula is C16H30N2O4S. The summed E-state index contributed by atoms with van der Waals surface area (Å²) in [6.07, 6.45) is 4.56. The first-order chi connectivity index (χ1) is 10.9. The van der Waals surface area contributed by atoms with Gasteiger partial charge in [-0.2, -0.15) is 0 Å².